The summed E-state index contributed by atoms with van der Waals surface area (Å²) in [5, 5.41) is 8.93. The standard InChI is InChI=1S/C9H5ClN2O3/c10-7-3-5(1-2-11-7)8-12-6(4-15-8)9(13)14/h1-4H,(H,13,14). The monoisotopic (exact) mass is 224 g/mol. The molecule has 0 aliphatic heterocycles. The van der Waals surface area contributed by atoms with E-state index in [0.717, 1.165) is 6.26 Å². The molecule has 1 N–H and O–H groups in total. The van der Waals surface area contributed by atoms with Crippen molar-refractivity contribution in [3.8, 4) is 11.5 Å². The molecule has 0 atom stereocenters. The first-order chi connectivity index (χ1) is 7.16. The van der Waals surface area contributed by atoms with Crippen LogP contribution in [0.1, 0.15) is 10.5 Å². The summed E-state index contributed by atoms with van der Waals surface area (Å²) in [7, 11) is 0. The van der Waals surface area contributed by atoms with Gasteiger partial charge in [0.25, 0.3) is 0 Å². The number of halogens is 1. The SMILES string of the molecule is O=C(O)c1coc(-c2ccnc(Cl)c2)n1. The Labute approximate surface area is 89.3 Å². The Morgan fingerprint density at radius 1 is 1.53 bits per heavy atom. The Morgan fingerprint density at radius 2 is 2.33 bits per heavy atom. The molecular formula is C9H5ClN2O3. The largest absolute Gasteiger partial charge is 0.476 e. The fourth-order valence-corrected chi connectivity index (χ4v) is 1.21. The average molecular weight is 225 g/mol. The van der Waals surface area contributed by atoms with Crippen molar-refractivity contribution in [3.05, 3.63) is 35.4 Å². The van der Waals surface area contributed by atoms with Gasteiger partial charge in [-0.25, -0.2) is 14.8 Å². The number of aromatic nitrogens is 2. The zero-order chi connectivity index (χ0) is 10.8. The van der Waals surface area contributed by atoms with Crippen molar-refractivity contribution in [3.63, 3.8) is 0 Å². The molecule has 76 valence electrons. The Hall–Kier alpha value is -1.88. The van der Waals surface area contributed by atoms with E-state index >= 15 is 0 Å². The van der Waals surface area contributed by atoms with Gasteiger partial charge in [0.1, 0.15) is 11.4 Å². The first-order valence-electron chi connectivity index (χ1n) is 3.97. The number of hydrogen-bond acceptors (Lipinski definition) is 4. The van der Waals surface area contributed by atoms with Crippen LogP contribution in [0.25, 0.3) is 11.5 Å². The molecule has 0 aromatic carbocycles. The van der Waals surface area contributed by atoms with Crippen molar-refractivity contribution in [1.29, 1.82) is 0 Å². The van der Waals surface area contributed by atoms with Crippen LogP contribution in [0.5, 0.6) is 0 Å². The first-order valence-corrected chi connectivity index (χ1v) is 4.35. The van der Waals surface area contributed by atoms with Crippen LogP contribution in [-0.4, -0.2) is 21.0 Å². The summed E-state index contributed by atoms with van der Waals surface area (Å²) < 4.78 is 4.99. The van der Waals surface area contributed by atoms with Gasteiger partial charge in [0, 0.05) is 11.8 Å². The normalized spacial score (nSPS) is 10.2. The highest BCUT2D eigenvalue weighted by Gasteiger charge is 2.11. The number of hydrogen-bond donors (Lipinski definition) is 1. The topological polar surface area (TPSA) is 76.2 Å². The highest BCUT2D eigenvalue weighted by atomic mass is 35.5. The zero-order valence-electron chi connectivity index (χ0n) is 7.35. The summed E-state index contributed by atoms with van der Waals surface area (Å²) in [6.45, 7) is 0. The lowest BCUT2D eigenvalue weighted by Gasteiger charge is -1.93. The third kappa shape index (κ3) is 1.97. The Kier molecular flexibility index (Phi) is 2.39. The van der Waals surface area contributed by atoms with Crippen LogP contribution in [0, 0.1) is 0 Å². The molecule has 15 heavy (non-hydrogen) atoms. The minimum atomic E-state index is -1.13. The number of carbonyl (C=O) groups is 1. The molecule has 2 rings (SSSR count). The highest BCUT2D eigenvalue weighted by Crippen LogP contribution is 2.20. The summed E-state index contributed by atoms with van der Waals surface area (Å²) in [6, 6.07) is 3.17. The fourth-order valence-electron chi connectivity index (χ4n) is 1.04. The average Bonchev–Trinajstić information content (AvgIpc) is 2.66. The van der Waals surface area contributed by atoms with Gasteiger partial charge in [-0.05, 0) is 12.1 Å². The molecule has 0 radical (unpaired) electrons. The van der Waals surface area contributed by atoms with Crippen molar-refractivity contribution < 1.29 is 14.3 Å². The van der Waals surface area contributed by atoms with Crippen LogP contribution in [0.3, 0.4) is 0 Å². The maximum atomic E-state index is 10.6. The van der Waals surface area contributed by atoms with Gasteiger partial charge < -0.3 is 9.52 Å². The predicted octanol–water partition coefficient (Wildman–Crippen LogP) is 2.09. The molecule has 0 amide bonds. The Morgan fingerprint density at radius 3 is 2.93 bits per heavy atom. The van der Waals surface area contributed by atoms with Gasteiger partial charge in [-0.15, -0.1) is 0 Å². The van der Waals surface area contributed by atoms with Crippen molar-refractivity contribution in [2.24, 2.45) is 0 Å². The number of aromatic carboxylic acids is 1. The number of carboxylic acids is 1. The maximum absolute atomic E-state index is 10.6. The van der Waals surface area contributed by atoms with Gasteiger partial charge in [-0.1, -0.05) is 11.6 Å². The van der Waals surface area contributed by atoms with Crippen LogP contribution in [0.4, 0.5) is 0 Å². The van der Waals surface area contributed by atoms with E-state index in [4.69, 9.17) is 21.1 Å². The summed E-state index contributed by atoms with van der Waals surface area (Å²) in [4.78, 5) is 18.1. The number of oxazole rings is 1. The smallest absolute Gasteiger partial charge is 0.357 e. The molecule has 5 nitrogen and oxygen atoms in total. The predicted molar refractivity (Wildman–Crippen MR) is 51.7 cm³/mol. The van der Waals surface area contributed by atoms with E-state index in [-0.39, 0.29) is 11.6 Å². The molecule has 0 spiro atoms. The summed E-state index contributed by atoms with van der Waals surface area (Å²) in [5.41, 5.74) is 0.445. The van der Waals surface area contributed by atoms with Crippen molar-refractivity contribution in [2.45, 2.75) is 0 Å². The molecule has 2 heterocycles. The van der Waals surface area contributed by atoms with Gasteiger partial charge in [-0.3, -0.25) is 0 Å². The Balaban J connectivity index is 2.41. The minimum absolute atomic E-state index is 0.141. The summed E-state index contributed by atoms with van der Waals surface area (Å²) in [5.74, 6) is -0.929. The van der Waals surface area contributed by atoms with Crippen LogP contribution in [0.15, 0.2) is 29.0 Å². The molecule has 0 saturated carbocycles. The van der Waals surface area contributed by atoms with Gasteiger partial charge in [0.2, 0.25) is 5.89 Å². The van der Waals surface area contributed by atoms with Crippen LogP contribution >= 0.6 is 11.6 Å². The third-order valence-electron chi connectivity index (χ3n) is 1.70. The van der Waals surface area contributed by atoms with Gasteiger partial charge >= 0.3 is 5.97 Å². The molecule has 0 unspecified atom stereocenters. The molecule has 0 aliphatic carbocycles. The second kappa shape index (κ2) is 3.70. The number of carboxylic acid groups (broad SMARTS) is 1. The van der Waals surface area contributed by atoms with Crippen molar-refractivity contribution >= 4 is 17.6 Å². The van der Waals surface area contributed by atoms with E-state index in [0.29, 0.717) is 10.7 Å². The van der Waals surface area contributed by atoms with Crippen LogP contribution in [0.2, 0.25) is 5.15 Å². The molecule has 6 heteroatoms. The highest BCUT2D eigenvalue weighted by molar-refractivity contribution is 6.29. The second-order valence-electron chi connectivity index (χ2n) is 2.71. The van der Waals surface area contributed by atoms with Gasteiger partial charge in [0.05, 0.1) is 0 Å². The molecule has 0 bridgehead atoms. The first kappa shape index (κ1) is 9.67. The molecule has 0 saturated heterocycles. The number of nitrogens with zero attached hydrogens (tertiary/aromatic N) is 2. The summed E-state index contributed by atoms with van der Waals surface area (Å²) in [6.07, 6.45) is 2.56. The van der Waals surface area contributed by atoms with Crippen LogP contribution in [-0.2, 0) is 0 Å². The molecular weight excluding hydrogens is 220 g/mol. The van der Waals surface area contributed by atoms with Gasteiger partial charge in [-0.2, -0.15) is 0 Å². The lowest BCUT2D eigenvalue weighted by molar-refractivity contribution is 0.0690. The zero-order valence-corrected chi connectivity index (χ0v) is 8.10. The third-order valence-corrected chi connectivity index (χ3v) is 1.90. The lowest BCUT2D eigenvalue weighted by atomic mass is 10.3. The fraction of sp³-hybridized carbons (Fsp3) is 0. The van der Waals surface area contributed by atoms with E-state index in [1.54, 1.807) is 12.1 Å². The van der Waals surface area contributed by atoms with E-state index in [2.05, 4.69) is 9.97 Å². The van der Waals surface area contributed by atoms with Crippen LogP contribution < -0.4 is 0 Å². The molecule has 0 fully saturated rings. The molecule has 0 aliphatic rings. The minimum Gasteiger partial charge on any atom is -0.476 e. The van der Waals surface area contributed by atoms with E-state index in [1.807, 2.05) is 0 Å². The van der Waals surface area contributed by atoms with E-state index in [1.165, 1.54) is 6.20 Å². The Bertz CT molecular complexity index is 510. The van der Waals surface area contributed by atoms with Gasteiger partial charge in [0.15, 0.2) is 5.69 Å². The molecule has 2 aromatic heterocycles. The maximum Gasteiger partial charge on any atom is 0.357 e. The second-order valence-corrected chi connectivity index (χ2v) is 3.10. The quantitative estimate of drug-likeness (QED) is 0.791. The van der Waals surface area contributed by atoms with Crippen molar-refractivity contribution in [2.75, 3.05) is 0 Å². The van der Waals surface area contributed by atoms with E-state index < -0.39 is 5.97 Å². The molecule has 2 aromatic rings. The number of rotatable bonds is 2. The van der Waals surface area contributed by atoms with Crippen molar-refractivity contribution in [1.82, 2.24) is 9.97 Å². The number of pyridine rings is 1. The lowest BCUT2D eigenvalue weighted by Crippen LogP contribution is -1.95. The van der Waals surface area contributed by atoms with E-state index in [9.17, 15) is 4.79 Å². The summed E-state index contributed by atoms with van der Waals surface area (Å²) >= 11 is 5.67.